The minimum absolute atomic E-state index is 0.563. The topological polar surface area (TPSA) is 64.7 Å². The Hall–Kier alpha value is -1.24. The Morgan fingerprint density at radius 2 is 2.05 bits per heavy atom. The first-order chi connectivity index (χ1) is 9.17. The summed E-state index contributed by atoms with van der Waals surface area (Å²) in [5.74, 6) is 1.27. The van der Waals surface area contributed by atoms with E-state index in [1.807, 2.05) is 12.3 Å². The van der Waals surface area contributed by atoms with Crippen molar-refractivity contribution in [2.75, 3.05) is 5.73 Å². The highest BCUT2D eigenvalue weighted by Crippen LogP contribution is 2.25. The van der Waals surface area contributed by atoms with Gasteiger partial charge in [-0.1, -0.05) is 20.3 Å². The van der Waals surface area contributed by atoms with E-state index in [2.05, 4.69) is 51.4 Å². The Bertz CT molecular complexity index is 584. The fraction of sp³-hybridized carbons (Fsp3) is 0.357. The molecule has 0 aliphatic carbocycles. The van der Waals surface area contributed by atoms with Crippen LogP contribution < -0.4 is 5.73 Å². The van der Waals surface area contributed by atoms with Gasteiger partial charge in [0.1, 0.15) is 5.82 Å². The van der Waals surface area contributed by atoms with Gasteiger partial charge < -0.3 is 5.73 Å². The molecule has 0 fully saturated rings. The van der Waals surface area contributed by atoms with Crippen molar-refractivity contribution in [2.24, 2.45) is 0 Å². The lowest BCUT2D eigenvalue weighted by molar-refractivity contribution is 0.868. The van der Waals surface area contributed by atoms with E-state index in [1.54, 1.807) is 6.20 Å². The first-order valence-corrected chi connectivity index (χ1v) is 7.50. The van der Waals surface area contributed by atoms with Crippen LogP contribution in [0, 0.1) is 3.57 Å². The molecule has 0 unspecified atom stereocenters. The van der Waals surface area contributed by atoms with E-state index < -0.39 is 0 Å². The predicted octanol–water partition coefficient (Wildman–Crippen LogP) is 3.24. The highest BCUT2D eigenvalue weighted by molar-refractivity contribution is 14.1. The van der Waals surface area contributed by atoms with Gasteiger partial charge in [-0.15, -0.1) is 0 Å². The van der Waals surface area contributed by atoms with Crippen LogP contribution in [-0.2, 0) is 12.8 Å². The van der Waals surface area contributed by atoms with Crippen LogP contribution >= 0.6 is 22.6 Å². The number of hydrogen-bond acceptors (Lipinski definition) is 4. The molecule has 0 aliphatic heterocycles. The van der Waals surface area contributed by atoms with E-state index in [0.29, 0.717) is 11.6 Å². The van der Waals surface area contributed by atoms with Gasteiger partial charge in [0, 0.05) is 18.0 Å². The third-order valence-electron chi connectivity index (χ3n) is 2.96. The van der Waals surface area contributed by atoms with Crippen molar-refractivity contribution in [1.29, 1.82) is 0 Å². The summed E-state index contributed by atoms with van der Waals surface area (Å²) in [4.78, 5) is 13.3. The zero-order valence-electron chi connectivity index (χ0n) is 11.2. The van der Waals surface area contributed by atoms with E-state index in [-0.39, 0.29) is 0 Å². The van der Waals surface area contributed by atoms with Crippen LogP contribution in [0.25, 0.3) is 11.4 Å². The molecule has 0 spiro atoms. The van der Waals surface area contributed by atoms with Crippen LogP contribution in [0.3, 0.4) is 0 Å². The molecule has 2 rings (SSSR count). The van der Waals surface area contributed by atoms with Crippen molar-refractivity contribution < 1.29 is 0 Å². The molecule has 0 saturated carbocycles. The first kappa shape index (κ1) is 14.2. The second-order valence-electron chi connectivity index (χ2n) is 4.33. The second kappa shape index (κ2) is 6.27. The predicted molar refractivity (Wildman–Crippen MR) is 85.8 cm³/mol. The Labute approximate surface area is 127 Å². The molecule has 100 valence electrons. The summed E-state index contributed by atoms with van der Waals surface area (Å²) in [5, 5.41) is 0. The summed E-state index contributed by atoms with van der Waals surface area (Å²) in [6.45, 7) is 4.24. The van der Waals surface area contributed by atoms with Crippen LogP contribution in [0.5, 0.6) is 0 Å². The average Bonchev–Trinajstić information content (AvgIpc) is 2.43. The smallest absolute Gasteiger partial charge is 0.162 e. The second-order valence-corrected chi connectivity index (χ2v) is 5.41. The lowest BCUT2D eigenvalue weighted by atomic mass is 10.1. The number of aromatic nitrogens is 3. The fourth-order valence-electron chi connectivity index (χ4n) is 1.96. The van der Waals surface area contributed by atoms with Gasteiger partial charge in [-0.25, -0.2) is 9.97 Å². The maximum absolute atomic E-state index is 6.01. The minimum Gasteiger partial charge on any atom is -0.383 e. The normalized spacial score (nSPS) is 10.7. The zero-order chi connectivity index (χ0) is 13.8. The Kier molecular flexibility index (Phi) is 4.68. The van der Waals surface area contributed by atoms with E-state index in [0.717, 1.165) is 39.7 Å². The van der Waals surface area contributed by atoms with Gasteiger partial charge in [0.2, 0.25) is 0 Å². The minimum atomic E-state index is 0.563. The molecule has 0 bridgehead atoms. The van der Waals surface area contributed by atoms with Gasteiger partial charge in [0.15, 0.2) is 5.82 Å². The number of nitrogens with two attached hydrogens (primary N) is 1. The molecule has 4 nitrogen and oxygen atoms in total. The van der Waals surface area contributed by atoms with Gasteiger partial charge in [-0.05, 0) is 47.1 Å². The van der Waals surface area contributed by atoms with E-state index in [9.17, 15) is 0 Å². The summed E-state index contributed by atoms with van der Waals surface area (Å²) in [7, 11) is 0. The maximum Gasteiger partial charge on any atom is 0.162 e. The van der Waals surface area contributed by atoms with Crippen LogP contribution in [0.15, 0.2) is 18.5 Å². The van der Waals surface area contributed by atoms with E-state index >= 15 is 0 Å². The molecule has 0 radical (unpaired) electrons. The molecule has 2 heterocycles. The number of hydrogen-bond donors (Lipinski definition) is 1. The van der Waals surface area contributed by atoms with Gasteiger partial charge in [-0.2, -0.15) is 0 Å². The fourth-order valence-corrected chi connectivity index (χ4v) is 2.47. The number of aryl methyl sites for hydroxylation is 2. The SMILES string of the molecule is CCCc1nc(-c2ccncc2CC)nc(N)c1I. The quantitative estimate of drug-likeness (QED) is 0.842. The van der Waals surface area contributed by atoms with Gasteiger partial charge in [-0.3, -0.25) is 4.98 Å². The Morgan fingerprint density at radius 3 is 2.74 bits per heavy atom. The number of rotatable bonds is 4. The zero-order valence-corrected chi connectivity index (χ0v) is 13.3. The van der Waals surface area contributed by atoms with E-state index in [1.165, 1.54) is 0 Å². The first-order valence-electron chi connectivity index (χ1n) is 6.42. The van der Waals surface area contributed by atoms with Crippen LogP contribution in [0.2, 0.25) is 0 Å². The van der Waals surface area contributed by atoms with E-state index in [4.69, 9.17) is 5.73 Å². The molecule has 0 amide bonds. The van der Waals surface area contributed by atoms with Crippen LogP contribution in [-0.4, -0.2) is 15.0 Å². The van der Waals surface area contributed by atoms with Crippen LogP contribution in [0.1, 0.15) is 31.5 Å². The van der Waals surface area contributed by atoms with Crippen molar-refractivity contribution >= 4 is 28.4 Å². The average molecular weight is 368 g/mol. The molecule has 19 heavy (non-hydrogen) atoms. The lowest BCUT2D eigenvalue weighted by Gasteiger charge is -2.10. The standard InChI is InChI=1S/C14H17IN4/c1-3-5-11-12(15)13(16)19-14(18-11)10-6-7-17-8-9(10)4-2/h6-8H,3-5H2,1-2H3,(H2,16,18,19). The molecule has 0 saturated heterocycles. The van der Waals surface area contributed by atoms with Gasteiger partial charge in [0.25, 0.3) is 0 Å². The molecule has 2 aromatic heterocycles. The van der Waals surface area contributed by atoms with Gasteiger partial charge >= 0.3 is 0 Å². The van der Waals surface area contributed by atoms with Crippen molar-refractivity contribution in [3.63, 3.8) is 0 Å². The summed E-state index contributed by atoms with van der Waals surface area (Å²) >= 11 is 2.22. The highest BCUT2D eigenvalue weighted by atomic mass is 127. The number of halogens is 1. The molecule has 0 atom stereocenters. The van der Waals surface area contributed by atoms with Crippen LogP contribution in [0.4, 0.5) is 5.82 Å². The Morgan fingerprint density at radius 1 is 1.26 bits per heavy atom. The van der Waals surface area contributed by atoms with Crippen molar-refractivity contribution in [3.8, 4) is 11.4 Å². The third-order valence-corrected chi connectivity index (χ3v) is 4.13. The van der Waals surface area contributed by atoms with Crippen molar-refractivity contribution in [1.82, 2.24) is 15.0 Å². The number of nitrogen functional groups attached to an aromatic ring is 1. The summed E-state index contributed by atoms with van der Waals surface area (Å²) in [5.41, 5.74) is 9.21. The summed E-state index contributed by atoms with van der Waals surface area (Å²) in [6.07, 6.45) is 6.51. The monoisotopic (exact) mass is 368 g/mol. The molecular formula is C14H17IN4. The molecule has 0 aromatic carbocycles. The highest BCUT2D eigenvalue weighted by Gasteiger charge is 2.13. The molecule has 0 aliphatic rings. The van der Waals surface area contributed by atoms with Gasteiger partial charge in [0.05, 0.1) is 9.26 Å². The molecule has 2 N–H and O–H groups in total. The van der Waals surface area contributed by atoms with Crippen molar-refractivity contribution in [2.45, 2.75) is 33.1 Å². The number of anilines is 1. The van der Waals surface area contributed by atoms with Crippen molar-refractivity contribution in [3.05, 3.63) is 33.3 Å². The molecule has 5 heteroatoms. The number of pyridine rings is 1. The molecule has 2 aromatic rings. The summed E-state index contributed by atoms with van der Waals surface area (Å²) in [6, 6.07) is 1.95. The third kappa shape index (κ3) is 3.02. The Balaban J connectivity index is 2.56. The maximum atomic E-state index is 6.01. The summed E-state index contributed by atoms with van der Waals surface area (Å²) < 4.78 is 0.968. The number of nitrogens with zero attached hydrogens (tertiary/aromatic N) is 3. The molecular weight excluding hydrogens is 351 g/mol. The largest absolute Gasteiger partial charge is 0.383 e. The lowest BCUT2D eigenvalue weighted by Crippen LogP contribution is -2.06.